The van der Waals surface area contributed by atoms with Crippen molar-refractivity contribution >= 4 is 16.8 Å². The number of amides is 1. The van der Waals surface area contributed by atoms with Crippen molar-refractivity contribution in [3.05, 3.63) is 75.8 Å². The summed E-state index contributed by atoms with van der Waals surface area (Å²) < 4.78 is 0. The normalized spacial score (nSPS) is 12.1. The van der Waals surface area contributed by atoms with Gasteiger partial charge in [-0.05, 0) is 37.1 Å². The van der Waals surface area contributed by atoms with Crippen molar-refractivity contribution < 1.29 is 4.79 Å². The van der Waals surface area contributed by atoms with Crippen molar-refractivity contribution in [3.8, 4) is 0 Å². The average Bonchev–Trinajstić information content (AvgIpc) is 2.68. The molecule has 27 heavy (non-hydrogen) atoms. The zero-order chi connectivity index (χ0) is 19.4. The number of unbranched alkanes of at least 4 members (excludes halogenated alkanes) is 1. The van der Waals surface area contributed by atoms with Gasteiger partial charge in [-0.1, -0.05) is 37.5 Å². The molecule has 0 radical (unpaired) electrons. The van der Waals surface area contributed by atoms with E-state index >= 15 is 0 Å². The Bertz CT molecular complexity index is 995. The van der Waals surface area contributed by atoms with E-state index in [0.29, 0.717) is 11.1 Å². The number of carbonyl (C=O) groups is 1. The minimum atomic E-state index is -0.269. The summed E-state index contributed by atoms with van der Waals surface area (Å²) in [7, 11) is 1.80. The van der Waals surface area contributed by atoms with Crippen LogP contribution in [0.3, 0.4) is 0 Å². The largest absolute Gasteiger partial charge is 0.335 e. The molecule has 3 aromatic rings. The number of benzene rings is 1. The molecule has 1 aromatic carbocycles. The van der Waals surface area contributed by atoms with Gasteiger partial charge in [-0.2, -0.15) is 0 Å². The van der Waals surface area contributed by atoms with Crippen LogP contribution >= 0.6 is 0 Å². The predicted octanol–water partition coefficient (Wildman–Crippen LogP) is 4.24. The molecule has 0 bridgehead atoms. The molecule has 1 amide bonds. The van der Waals surface area contributed by atoms with Gasteiger partial charge >= 0.3 is 0 Å². The molecule has 0 aliphatic carbocycles. The van der Waals surface area contributed by atoms with E-state index < -0.39 is 0 Å². The van der Waals surface area contributed by atoms with E-state index in [0.717, 1.165) is 35.8 Å². The summed E-state index contributed by atoms with van der Waals surface area (Å²) in [5.41, 5.74) is 2.89. The molecule has 3 rings (SSSR count). The monoisotopic (exact) mass is 363 g/mol. The Kier molecular flexibility index (Phi) is 5.69. The van der Waals surface area contributed by atoms with Crippen LogP contribution in [0.25, 0.3) is 10.9 Å². The highest BCUT2D eigenvalue weighted by atomic mass is 16.2. The summed E-state index contributed by atoms with van der Waals surface area (Å²) in [6.45, 7) is 4.11. The van der Waals surface area contributed by atoms with Crippen molar-refractivity contribution in [1.82, 2.24) is 14.9 Å². The van der Waals surface area contributed by atoms with Gasteiger partial charge in [0.05, 0.1) is 11.6 Å². The number of fused-ring (bicyclic) bond motifs is 1. The average molecular weight is 363 g/mol. The lowest BCUT2D eigenvalue weighted by molar-refractivity contribution is 0.0722. The molecule has 5 heteroatoms. The number of hydrogen-bond acceptors (Lipinski definition) is 3. The van der Waals surface area contributed by atoms with Crippen molar-refractivity contribution in [2.75, 3.05) is 7.05 Å². The Morgan fingerprint density at radius 3 is 2.78 bits per heavy atom. The number of carbonyl (C=O) groups excluding carboxylic acids is 1. The highest BCUT2D eigenvalue weighted by Crippen LogP contribution is 2.27. The van der Waals surface area contributed by atoms with E-state index in [9.17, 15) is 9.59 Å². The van der Waals surface area contributed by atoms with Crippen molar-refractivity contribution in [1.29, 1.82) is 0 Å². The van der Waals surface area contributed by atoms with Crippen LogP contribution in [0.4, 0.5) is 0 Å². The van der Waals surface area contributed by atoms with Crippen LogP contribution in [0.5, 0.6) is 0 Å². The first-order chi connectivity index (χ1) is 13.0. The Labute approximate surface area is 159 Å². The van der Waals surface area contributed by atoms with E-state index in [-0.39, 0.29) is 17.5 Å². The summed E-state index contributed by atoms with van der Waals surface area (Å²) in [4.78, 5) is 34.2. The van der Waals surface area contributed by atoms with Gasteiger partial charge in [0.2, 0.25) is 5.56 Å². The molecule has 2 aromatic heterocycles. The number of hydrogen-bond donors (Lipinski definition) is 1. The number of aryl methyl sites for hydroxylation is 1. The van der Waals surface area contributed by atoms with Gasteiger partial charge in [-0.3, -0.25) is 14.6 Å². The maximum Gasteiger partial charge on any atom is 0.254 e. The van der Waals surface area contributed by atoms with Gasteiger partial charge in [-0.15, -0.1) is 0 Å². The summed E-state index contributed by atoms with van der Waals surface area (Å²) in [5.74, 6) is -0.151. The van der Waals surface area contributed by atoms with Gasteiger partial charge in [-0.25, -0.2) is 0 Å². The van der Waals surface area contributed by atoms with Crippen LogP contribution in [0.15, 0.2) is 53.6 Å². The lowest BCUT2D eigenvalue weighted by Gasteiger charge is -2.29. The molecular weight excluding hydrogens is 338 g/mol. The third kappa shape index (κ3) is 4.08. The predicted molar refractivity (Wildman–Crippen MR) is 108 cm³/mol. The Hall–Kier alpha value is -2.95. The number of aromatic nitrogens is 2. The first-order valence-electron chi connectivity index (χ1n) is 9.32. The quantitative estimate of drug-likeness (QED) is 0.712. The van der Waals surface area contributed by atoms with Gasteiger partial charge in [0.15, 0.2) is 0 Å². The third-order valence-corrected chi connectivity index (χ3v) is 4.92. The number of nitrogens with zero attached hydrogens (tertiary/aromatic N) is 2. The van der Waals surface area contributed by atoms with Crippen LogP contribution in [0.1, 0.15) is 53.7 Å². The van der Waals surface area contributed by atoms with Crippen LogP contribution < -0.4 is 5.56 Å². The molecule has 0 aliphatic heterocycles. The fraction of sp³-hybridized carbons (Fsp3) is 0.318. The summed E-state index contributed by atoms with van der Waals surface area (Å²) >= 11 is 0. The van der Waals surface area contributed by atoms with E-state index in [2.05, 4.69) is 16.9 Å². The molecule has 0 fully saturated rings. The number of aromatic amines is 1. The molecule has 2 heterocycles. The second kappa shape index (κ2) is 8.16. The molecule has 0 unspecified atom stereocenters. The molecular formula is C22H25N3O2. The van der Waals surface area contributed by atoms with E-state index in [1.54, 1.807) is 18.1 Å². The van der Waals surface area contributed by atoms with Crippen molar-refractivity contribution in [2.45, 2.75) is 39.2 Å². The summed E-state index contributed by atoms with van der Waals surface area (Å²) in [5, 5.41) is 0.770. The molecule has 140 valence electrons. The first-order valence-corrected chi connectivity index (χ1v) is 9.32. The van der Waals surface area contributed by atoms with Crippen LogP contribution in [0.2, 0.25) is 0 Å². The van der Waals surface area contributed by atoms with Gasteiger partial charge in [0.25, 0.3) is 5.91 Å². The SMILES string of the molecule is CCCC[C@H](c1cccnc1)N(C)C(=O)c1cc(=O)[nH]c2ccc(C)cc12. The second-order valence-corrected chi connectivity index (χ2v) is 6.96. The van der Waals surface area contributed by atoms with Crippen LogP contribution in [0, 0.1) is 6.92 Å². The topological polar surface area (TPSA) is 66.1 Å². The number of nitrogens with one attached hydrogen (secondary N) is 1. The van der Waals surface area contributed by atoms with E-state index in [4.69, 9.17) is 0 Å². The Balaban J connectivity index is 2.04. The fourth-order valence-corrected chi connectivity index (χ4v) is 3.43. The standard InChI is InChI=1S/C22H25N3O2/c1-4-5-8-20(16-7-6-11-23-14-16)25(3)22(27)18-13-21(26)24-19-10-9-15(2)12-17(18)19/h6-7,9-14,20H,4-5,8H2,1-3H3,(H,24,26)/t20-/m1/s1. The number of rotatable bonds is 6. The lowest BCUT2D eigenvalue weighted by atomic mass is 9.99. The Morgan fingerprint density at radius 2 is 2.07 bits per heavy atom. The first kappa shape index (κ1) is 18.8. The highest BCUT2D eigenvalue weighted by molar-refractivity contribution is 6.06. The van der Waals surface area contributed by atoms with Gasteiger partial charge in [0.1, 0.15) is 0 Å². The maximum absolute atomic E-state index is 13.4. The molecule has 0 saturated heterocycles. The molecule has 0 aliphatic rings. The molecule has 0 saturated carbocycles. The highest BCUT2D eigenvalue weighted by Gasteiger charge is 2.24. The number of H-pyrrole nitrogens is 1. The fourth-order valence-electron chi connectivity index (χ4n) is 3.43. The zero-order valence-electron chi connectivity index (χ0n) is 16.0. The minimum Gasteiger partial charge on any atom is -0.335 e. The third-order valence-electron chi connectivity index (χ3n) is 4.92. The molecule has 1 atom stereocenters. The zero-order valence-corrected chi connectivity index (χ0v) is 16.0. The maximum atomic E-state index is 13.4. The van der Waals surface area contributed by atoms with Crippen molar-refractivity contribution in [3.63, 3.8) is 0 Å². The van der Waals surface area contributed by atoms with Gasteiger partial charge in [0, 0.05) is 36.4 Å². The smallest absolute Gasteiger partial charge is 0.254 e. The summed E-state index contributed by atoms with van der Waals surface area (Å²) in [6, 6.07) is 10.9. The van der Waals surface area contributed by atoms with E-state index in [1.807, 2.05) is 43.5 Å². The molecule has 5 nitrogen and oxygen atoms in total. The molecule has 1 N–H and O–H groups in total. The van der Waals surface area contributed by atoms with Crippen LogP contribution in [-0.2, 0) is 0 Å². The van der Waals surface area contributed by atoms with Crippen molar-refractivity contribution in [2.24, 2.45) is 0 Å². The Morgan fingerprint density at radius 1 is 1.26 bits per heavy atom. The van der Waals surface area contributed by atoms with Crippen LogP contribution in [-0.4, -0.2) is 27.8 Å². The second-order valence-electron chi connectivity index (χ2n) is 6.96. The van der Waals surface area contributed by atoms with Gasteiger partial charge < -0.3 is 9.88 Å². The molecule has 0 spiro atoms. The van der Waals surface area contributed by atoms with E-state index in [1.165, 1.54) is 6.07 Å². The lowest BCUT2D eigenvalue weighted by Crippen LogP contribution is -2.32. The summed E-state index contributed by atoms with van der Waals surface area (Å²) in [6.07, 6.45) is 6.45. The minimum absolute atomic E-state index is 0.0784. The number of pyridine rings is 2.